The average molecular weight is 231 g/mol. The maximum absolute atomic E-state index is 5.76. The first-order valence-electron chi connectivity index (χ1n) is 6.51. The summed E-state index contributed by atoms with van der Waals surface area (Å²) < 4.78 is 5.38. The Morgan fingerprint density at radius 3 is 2.65 bits per heavy atom. The van der Waals surface area contributed by atoms with Crippen molar-refractivity contribution in [3.05, 3.63) is 42.5 Å². The highest BCUT2D eigenvalue weighted by Crippen LogP contribution is 2.30. The molecule has 1 atom stereocenters. The summed E-state index contributed by atoms with van der Waals surface area (Å²) in [7, 11) is 1.71. The van der Waals surface area contributed by atoms with E-state index in [2.05, 4.69) is 13.0 Å². The molecule has 0 spiro atoms. The Morgan fingerprint density at radius 2 is 2.00 bits per heavy atom. The molecule has 17 heavy (non-hydrogen) atoms. The molecule has 1 rings (SSSR count). The molecule has 0 N–H and O–H groups in total. The van der Waals surface area contributed by atoms with E-state index in [1.807, 2.05) is 18.2 Å². The van der Waals surface area contributed by atoms with Gasteiger partial charge in [0.2, 0.25) is 0 Å². The van der Waals surface area contributed by atoms with Gasteiger partial charge in [-0.2, -0.15) is 0 Å². The van der Waals surface area contributed by atoms with Gasteiger partial charge in [0.25, 0.3) is 0 Å². The maximum Gasteiger partial charge on any atom is 0.122 e. The Balaban J connectivity index is 2.62. The summed E-state index contributed by atoms with van der Waals surface area (Å²) in [6.07, 6.45) is 8.00. The fourth-order valence-electron chi connectivity index (χ4n) is 2.12. The van der Waals surface area contributed by atoms with E-state index in [-0.39, 0.29) is 0 Å². The van der Waals surface area contributed by atoms with E-state index in [1.165, 1.54) is 31.2 Å². The number of rotatable bonds is 8. The Hall–Kier alpha value is -1.24. The average Bonchev–Trinajstić information content (AvgIpc) is 2.39. The highest BCUT2D eigenvalue weighted by atomic mass is 16.5. The Morgan fingerprint density at radius 1 is 1.24 bits per heavy atom. The zero-order chi connectivity index (χ0) is 12.5. The van der Waals surface area contributed by atoms with E-state index in [0.717, 1.165) is 12.2 Å². The standard InChI is InChI=1S/C16H23O/c1-4-6-7-8-11-14(5-2)15-12-9-10-13-16(15)17-3/h2,5,9-10,12-14H,4,6-8,11H2,1,3H3/t14-/m1/s1. The number of allylic oxidation sites excluding steroid dienone is 1. The maximum atomic E-state index is 5.76. The summed E-state index contributed by atoms with van der Waals surface area (Å²) in [6.45, 7) is 7.99. The van der Waals surface area contributed by atoms with Crippen molar-refractivity contribution in [2.45, 2.75) is 44.9 Å². The van der Waals surface area contributed by atoms with Gasteiger partial charge in [-0.05, 0) is 12.5 Å². The highest BCUT2D eigenvalue weighted by Gasteiger charge is 2.11. The third-order valence-electron chi connectivity index (χ3n) is 3.14. The molecule has 1 aromatic rings. The lowest BCUT2D eigenvalue weighted by atomic mass is 9.92. The predicted molar refractivity (Wildman–Crippen MR) is 73.4 cm³/mol. The molecule has 0 saturated heterocycles. The van der Waals surface area contributed by atoms with Crippen LogP contribution in [0.1, 0.15) is 50.5 Å². The molecule has 93 valence electrons. The minimum atomic E-state index is 0.308. The second-order valence-electron chi connectivity index (χ2n) is 4.39. The van der Waals surface area contributed by atoms with Crippen LogP contribution in [-0.2, 0) is 0 Å². The number of unbranched alkanes of at least 4 members (excludes halogenated alkanes) is 3. The lowest BCUT2D eigenvalue weighted by Gasteiger charge is -2.16. The van der Waals surface area contributed by atoms with Crippen molar-refractivity contribution in [2.75, 3.05) is 7.11 Å². The lowest BCUT2D eigenvalue weighted by Crippen LogP contribution is -1.99. The number of hydrogen-bond acceptors (Lipinski definition) is 1. The molecule has 0 aromatic heterocycles. The van der Waals surface area contributed by atoms with Crippen LogP contribution < -0.4 is 4.74 Å². The fraction of sp³-hybridized carbons (Fsp3) is 0.500. The van der Waals surface area contributed by atoms with Gasteiger partial charge in [-0.25, -0.2) is 0 Å². The minimum absolute atomic E-state index is 0.308. The third kappa shape index (κ3) is 4.26. The number of ether oxygens (including phenoxy) is 1. The molecule has 0 saturated carbocycles. The van der Waals surface area contributed by atoms with Gasteiger partial charge in [-0.1, -0.05) is 63.5 Å². The molecular formula is C16H23O. The van der Waals surface area contributed by atoms with Crippen molar-refractivity contribution in [1.29, 1.82) is 0 Å². The minimum Gasteiger partial charge on any atom is -0.496 e. The van der Waals surface area contributed by atoms with Crippen molar-refractivity contribution in [3.8, 4) is 5.75 Å². The molecule has 0 fully saturated rings. The second-order valence-corrected chi connectivity index (χ2v) is 4.39. The second kappa shape index (κ2) is 7.94. The number of methoxy groups -OCH3 is 1. The van der Waals surface area contributed by atoms with Crippen LogP contribution >= 0.6 is 0 Å². The molecule has 0 aliphatic rings. The first-order valence-corrected chi connectivity index (χ1v) is 6.51. The summed E-state index contributed by atoms with van der Waals surface area (Å²) >= 11 is 0. The molecule has 1 aromatic carbocycles. The van der Waals surface area contributed by atoms with Crippen LogP contribution in [0.5, 0.6) is 5.75 Å². The van der Waals surface area contributed by atoms with Crippen LogP contribution in [0.15, 0.2) is 30.3 Å². The summed E-state index contributed by atoms with van der Waals surface area (Å²) in [5, 5.41) is 0. The van der Waals surface area contributed by atoms with E-state index in [0.29, 0.717) is 5.92 Å². The van der Waals surface area contributed by atoms with Gasteiger partial charge in [-0.3, -0.25) is 0 Å². The quantitative estimate of drug-likeness (QED) is 0.587. The zero-order valence-electron chi connectivity index (χ0n) is 11.0. The first kappa shape index (κ1) is 13.8. The molecule has 0 amide bonds. The van der Waals surface area contributed by atoms with Crippen LogP contribution in [0.3, 0.4) is 0 Å². The summed E-state index contributed by atoms with van der Waals surface area (Å²) in [5.41, 5.74) is 1.20. The van der Waals surface area contributed by atoms with Gasteiger partial charge in [0.15, 0.2) is 0 Å². The zero-order valence-corrected chi connectivity index (χ0v) is 11.0. The molecule has 0 heterocycles. The van der Waals surface area contributed by atoms with Gasteiger partial charge in [0.1, 0.15) is 5.75 Å². The summed E-state index contributed by atoms with van der Waals surface area (Å²) in [4.78, 5) is 0. The van der Waals surface area contributed by atoms with Crippen LogP contribution in [0, 0.1) is 6.58 Å². The Kier molecular flexibility index (Phi) is 6.46. The molecule has 1 heteroatoms. The number of para-hydroxylation sites is 1. The monoisotopic (exact) mass is 231 g/mol. The number of benzene rings is 1. The fourth-order valence-corrected chi connectivity index (χ4v) is 2.12. The van der Waals surface area contributed by atoms with Crippen molar-refractivity contribution in [3.63, 3.8) is 0 Å². The van der Waals surface area contributed by atoms with E-state index in [9.17, 15) is 0 Å². The van der Waals surface area contributed by atoms with E-state index < -0.39 is 0 Å². The van der Waals surface area contributed by atoms with Gasteiger partial charge >= 0.3 is 0 Å². The van der Waals surface area contributed by atoms with E-state index >= 15 is 0 Å². The topological polar surface area (TPSA) is 9.23 Å². The Bertz CT molecular complexity index is 330. The van der Waals surface area contributed by atoms with Crippen molar-refractivity contribution < 1.29 is 4.74 Å². The normalized spacial score (nSPS) is 12.1. The lowest BCUT2D eigenvalue weighted by molar-refractivity contribution is 0.406. The molecule has 0 unspecified atom stereocenters. The van der Waals surface area contributed by atoms with Crippen LogP contribution in [-0.4, -0.2) is 7.11 Å². The largest absolute Gasteiger partial charge is 0.496 e. The van der Waals surface area contributed by atoms with Gasteiger partial charge < -0.3 is 4.74 Å². The molecule has 1 nitrogen and oxygen atoms in total. The van der Waals surface area contributed by atoms with Gasteiger partial charge in [-0.15, -0.1) is 0 Å². The smallest absolute Gasteiger partial charge is 0.122 e. The van der Waals surface area contributed by atoms with Crippen molar-refractivity contribution >= 4 is 0 Å². The van der Waals surface area contributed by atoms with Crippen LogP contribution in [0.4, 0.5) is 0 Å². The van der Waals surface area contributed by atoms with E-state index in [4.69, 9.17) is 11.3 Å². The molecular weight excluding hydrogens is 208 g/mol. The van der Waals surface area contributed by atoms with Crippen LogP contribution in [0.25, 0.3) is 0 Å². The van der Waals surface area contributed by atoms with Gasteiger partial charge in [0, 0.05) is 11.5 Å². The predicted octanol–water partition coefficient (Wildman–Crippen LogP) is 4.74. The third-order valence-corrected chi connectivity index (χ3v) is 3.14. The first-order chi connectivity index (χ1) is 8.33. The molecule has 0 aliphatic heterocycles. The summed E-state index contributed by atoms with van der Waals surface area (Å²) in [5.74, 6) is 1.25. The highest BCUT2D eigenvalue weighted by molar-refractivity contribution is 5.37. The van der Waals surface area contributed by atoms with Crippen LogP contribution in [0.2, 0.25) is 0 Å². The number of hydrogen-bond donors (Lipinski definition) is 0. The SMILES string of the molecule is [CH]=C[C@H](CCCCCC)c1ccccc1OC. The molecule has 0 bridgehead atoms. The van der Waals surface area contributed by atoms with Crippen molar-refractivity contribution in [1.82, 2.24) is 0 Å². The van der Waals surface area contributed by atoms with E-state index in [1.54, 1.807) is 13.2 Å². The molecule has 0 aliphatic carbocycles. The Labute approximate surface area is 106 Å². The molecule has 1 radical (unpaired) electrons. The summed E-state index contributed by atoms with van der Waals surface area (Å²) in [6, 6.07) is 8.14. The van der Waals surface area contributed by atoms with Gasteiger partial charge in [0.05, 0.1) is 7.11 Å². The van der Waals surface area contributed by atoms with Crippen molar-refractivity contribution in [2.24, 2.45) is 0 Å².